The van der Waals surface area contributed by atoms with E-state index in [1.54, 1.807) is 35.2 Å². The molecule has 1 N–H and O–H groups in total. The number of hydrogen-bond acceptors (Lipinski definition) is 4. The molecule has 3 rings (SSSR count). The number of carbonyl (C=O) groups excluding carboxylic acids is 1. The minimum absolute atomic E-state index is 0.114. The van der Waals surface area contributed by atoms with Crippen molar-refractivity contribution in [2.45, 2.75) is 6.92 Å². The van der Waals surface area contributed by atoms with Gasteiger partial charge >= 0.3 is 0 Å². The number of nitrogens with zero attached hydrogens (tertiary/aromatic N) is 1. The number of carbonyl (C=O) groups is 1. The lowest BCUT2D eigenvalue weighted by atomic mass is 10.1. The van der Waals surface area contributed by atoms with Crippen molar-refractivity contribution in [3.05, 3.63) is 64.6 Å². The summed E-state index contributed by atoms with van der Waals surface area (Å²) in [4.78, 5) is 14.8. The van der Waals surface area contributed by atoms with E-state index in [2.05, 4.69) is 0 Å². The highest BCUT2D eigenvalue weighted by Gasteiger charge is 2.33. The van der Waals surface area contributed by atoms with E-state index in [0.29, 0.717) is 9.23 Å². The second-order valence-corrected chi connectivity index (χ2v) is 6.57. The fraction of sp³-hybridized carbons (Fsp3) is 0.0588. The Bertz CT molecular complexity index is 782. The van der Waals surface area contributed by atoms with Crippen molar-refractivity contribution in [1.29, 1.82) is 0 Å². The van der Waals surface area contributed by atoms with E-state index in [1.807, 2.05) is 31.2 Å². The van der Waals surface area contributed by atoms with E-state index in [0.717, 1.165) is 16.8 Å². The molecule has 1 heterocycles. The van der Waals surface area contributed by atoms with Gasteiger partial charge in [0.15, 0.2) is 4.32 Å². The van der Waals surface area contributed by atoms with Crippen LogP contribution in [0, 0.1) is 6.92 Å². The van der Waals surface area contributed by atoms with Gasteiger partial charge in [-0.2, -0.15) is 0 Å². The number of anilines is 1. The minimum Gasteiger partial charge on any atom is -0.508 e. The number of hydrogen-bond donors (Lipinski definition) is 1. The van der Waals surface area contributed by atoms with Crippen LogP contribution in [-0.4, -0.2) is 15.3 Å². The quantitative estimate of drug-likeness (QED) is 0.666. The lowest BCUT2D eigenvalue weighted by Crippen LogP contribution is -2.28. The maximum Gasteiger partial charge on any atom is 0.270 e. The van der Waals surface area contributed by atoms with Crippen molar-refractivity contribution in [2.24, 2.45) is 0 Å². The zero-order valence-corrected chi connectivity index (χ0v) is 13.4. The Morgan fingerprint density at radius 2 is 1.82 bits per heavy atom. The summed E-state index contributed by atoms with van der Waals surface area (Å²) in [7, 11) is 0. The highest BCUT2D eigenvalue weighted by atomic mass is 32.2. The molecule has 0 saturated carbocycles. The van der Waals surface area contributed by atoms with Gasteiger partial charge in [0, 0.05) is 0 Å². The molecule has 2 aromatic rings. The Labute approximate surface area is 138 Å². The number of phenolic OH excluding ortho intramolecular Hbond substituents is 1. The zero-order chi connectivity index (χ0) is 15.7. The largest absolute Gasteiger partial charge is 0.508 e. The van der Waals surface area contributed by atoms with Crippen LogP contribution in [-0.2, 0) is 4.79 Å². The van der Waals surface area contributed by atoms with Gasteiger partial charge in [0.25, 0.3) is 5.91 Å². The highest BCUT2D eigenvalue weighted by Crippen LogP contribution is 2.37. The first kappa shape index (κ1) is 14.8. The molecule has 0 atom stereocenters. The number of aryl methyl sites for hydroxylation is 1. The van der Waals surface area contributed by atoms with Crippen LogP contribution in [0.5, 0.6) is 5.75 Å². The number of benzene rings is 2. The number of amides is 1. The van der Waals surface area contributed by atoms with Crippen LogP contribution < -0.4 is 4.90 Å². The number of para-hydroxylation sites is 1. The van der Waals surface area contributed by atoms with E-state index in [9.17, 15) is 9.90 Å². The molecule has 1 aliphatic rings. The number of thioether (sulfide) groups is 1. The highest BCUT2D eigenvalue weighted by molar-refractivity contribution is 8.27. The third-order valence-corrected chi connectivity index (χ3v) is 4.64. The van der Waals surface area contributed by atoms with Crippen molar-refractivity contribution in [1.82, 2.24) is 0 Å². The topological polar surface area (TPSA) is 40.5 Å². The zero-order valence-electron chi connectivity index (χ0n) is 11.8. The Kier molecular flexibility index (Phi) is 4.00. The molecule has 0 radical (unpaired) electrons. The lowest BCUT2D eigenvalue weighted by molar-refractivity contribution is -0.113. The maximum atomic E-state index is 12.6. The lowest BCUT2D eigenvalue weighted by Gasteiger charge is -2.16. The summed E-state index contributed by atoms with van der Waals surface area (Å²) in [5.41, 5.74) is 2.67. The van der Waals surface area contributed by atoms with E-state index in [4.69, 9.17) is 12.2 Å². The Balaban J connectivity index is 1.95. The monoisotopic (exact) mass is 327 g/mol. The second kappa shape index (κ2) is 5.94. The van der Waals surface area contributed by atoms with Crippen molar-refractivity contribution < 1.29 is 9.90 Å². The maximum absolute atomic E-state index is 12.6. The Hall–Kier alpha value is -2.11. The number of phenols is 1. The minimum atomic E-state index is -0.114. The molecule has 0 spiro atoms. The van der Waals surface area contributed by atoms with Gasteiger partial charge in [-0.05, 0) is 42.3 Å². The normalized spacial score (nSPS) is 16.6. The molecule has 1 amide bonds. The van der Waals surface area contributed by atoms with Gasteiger partial charge in [-0.1, -0.05) is 54.3 Å². The molecule has 3 nitrogen and oxygen atoms in total. The molecule has 0 aromatic heterocycles. The Morgan fingerprint density at radius 1 is 1.14 bits per heavy atom. The predicted molar refractivity (Wildman–Crippen MR) is 94.9 cm³/mol. The summed E-state index contributed by atoms with van der Waals surface area (Å²) in [5, 5.41) is 9.31. The molecule has 0 aliphatic carbocycles. The fourth-order valence-electron chi connectivity index (χ4n) is 2.21. The van der Waals surface area contributed by atoms with Crippen LogP contribution in [0.4, 0.5) is 5.69 Å². The summed E-state index contributed by atoms with van der Waals surface area (Å²) < 4.78 is 0.532. The van der Waals surface area contributed by atoms with E-state index < -0.39 is 0 Å². The summed E-state index contributed by atoms with van der Waals surface area (Å²) in [6, 6.07) is 14.4. The summed E-state index contributed by atoms with van der Waals surface area (Å²) >= 11 is 6.65. The van der Waals surface area contributed by atoms with Gasteiger partial charge in [-0.15, -0.1) is 0 Å². The Morgan fingerprint density at radius 3 is 2.50 bits per heavy atom. The van der Waals surface area contributed by atoms with Crippen LogP contribution in [0.3, 0.4) is 0 Å². The summed E-state index contributed by atoms with van der Waals surface area (Å²) in [6.45, 7) is 1.96. The number of aromatic hydroxyl groups is 1. The van der Waals surface area contributed by atoms with E-state index in [1.165, 1.54) is 11.8 Å². The smallest absolute Gasteiger partial charge is 0.270 e. The van der Waals surface area contributed by atoms with Crippen LogP contribution in [0.2, 0.25) is 0 Å². The van der Waals surface area contributed by atoms with Gasteiger partial charge in [-0.25, -0.2) is 0 Å². The van der Waals surface area contributed by atoms with E-state index in [-0.39, 0.29) is 11.7 Å². The number of thiocarbonyl (C=S) groups is 1. The average Bonchev–Trinajstić information content (AvgIpc) is 2.77. The molecule has 1 fully saturated rings. The molecule has 1 saturated heterocycles. The van der Waals surface area contributed by atoms with Gasteiger partial charge in [-0.3, -0.25) is 9.69 Å². The SMILES string of the molecule is Cc1ccccc1N1C(=O)C(=Cc2ccc(O)cc2)SC1=S. The van der Waals surface area contributed by atoms with Crippen LogP contribution in [0.1, 0.15) is 11.1 Å². The molecule has 2 aromatic carbocycles. The van der Waals surface area contributed by atoms with Crippen molar-refractivity contribution in [2.75, 3.05) is 4.90 Å². The number of rotatable bonds is 2. The molecule has 1 aliphatic heterocycles. The summed E-state index contributed by atoms with van der Waals surface area (Å²) in [5.74, 6) is 0.0852. The first-order valence-corrected chi connectivity index (χ1v) is 7.91. The molecule has 110 valence electrons. The van der Waals surface area contributed by atoms with Gasteiger partial charge in [0.05, 0.1) is 10.6 Å². The first-order chi connectivity index (χ1) is 10.6. The molecule has 22 heavy (non-hydrogen) atoms. The van der Waals surface area contributed by atoms with Crippen LogP contribution >= 0.6 is 24.0 Å². The van der Waals surface area contributed by atoms with Crippen LogP contribution in [0.25, 0.3) is 6.08 Å². The van der Waals surface area contributed by atoms with Crippen molar-refractivity contribution in [3.8, 4) is 5.75 Å². The first-order valence-electron chi connectivity index (χ1n) is 6.69. The van der Waals surface area contributed by atoms with Crippen molar-refractivity contribution in [3.63, 3.8) is 0 Å². The molecular weight excluding hydrogens is 314 g/mol. The molecule has 5 heteroatoms. The average molecular weight is 327 g/mol. The predicted octanol–water partition coefficient (Wildman–Crippen LogP) is 4.11. The van der Waals surface area contributed by atoms with E-state index >= 15 is 0 Å². The molecule has 0 bridgehead atoms. The molecule has 0 unspecified atom stereocenters. The fourth-order valence-corrected chi connectivity index (χ4v) is 3.50. The van der Waals surface area contributed by atoms with Gasteiger partial charge in [0.2, 0.25) is 0 Å². The third-order valence-electron chi connectivity index (χ3n) is 3.34. The molecular formula is C17H13NO2S2. The van der Waals surface area contributed by atoms with Crippen LogP contribution in [0.15, 0.2) is 53.4 Å². The third kappa shape index (κ3) is 2.77. The van der Waals surface area contributed by atoms with Gasteiger partial charge < -0.3 is 5.11 Å². The second-order valence-electron chi connectivity index (χ2n) is 4.90. The summed E-state index contributed by atoms with van der Waals surface area (Å²) in [6.07, 6.45) is 1.79. The van der Waals surface area contributed by atoms with Crippen molar-refractivity contribution >= 4 is 46.0 Å². The standard InChI is InChI=1S/C17H13NO2S2/c1-11-4-2-3-5-14(11)18-16(20)15(22-17(18)21)10-12-6-8-13(19)9-7-12/h2-10,19H,1H3. The van der Waals surface area contributed by atoms with Gasteiger partial charge in [0.1, 0.15) is 5.75 Å².